The van der Waals surface area contributed by atoms with Crippen LogP contribution >= 0.6 is 0 Å². The van der Waals surface area contributed by atoms with E-state index in [1.54, 1.807) is 0 Å². The van der Waals surface area contributed by atoms with E-state index in [9.17, 15) is 4.79 Å². The number of hydrogen-bond acceptors (Lipinski definition) is 3. The van der Waals surface area contributed by atoms with Crippen molar-refractivity contribution >= 4 is 6.09 Å². The van der Waals surface area contributed by atoms with Gasteiger partial charge in [-0.15, -0.1) is 0 Å². The van der Waals surface area contributed by atoms with E-state index in [4.69, 9.17) is 4.74 Å². The molecule has 1 amide bonds. The number of ether oxygens (including phenoxy) is 1. The molecule has 0 radical (unpaired) electrons. The Labute approximate surface area is 123 Å². The van der Waals surface area contributed by atoms with Gasteiger partial charge in [-0.2, -0.15) is 0 Å². The smallest absolute Gasteiger partial charge is 0.407 e. The molecule has 2 aliphatic rings. The fourth-order valence-electron chi connectivity index (χ4n) is 3.17. The molecule has 1 aliphatic heterocycles. The molecule has 1 aliphatic carbocycles. The van der Waals surface area contributed by atoms with Gasteiger partial charge in [0.05, 0.1) is 0 Å². The SMILES string of the molecule is CCC1CC(NC(=O)OC(C)(C)C)CN(C2CCC2)C1. The molecule has 0 aromatic heterocycles. The molecule has 2 rings (SSSR count). The van der Waals surface area contributed by atoms with Crippen LogP contribution in [0.15, 0.2) is 0 Å². The molecule has 20 heavy (non-hydrogen) atoms. The van der Waals surface area contributed by atoms with E-state index < -0.39 is 5.60 Å². The lowest BCUT2D eigenvalue weighted by atomic mass is 9.85. The van der Waals surface area contributed by atoms with Gasteiger partial charge in [0.25, 0.3) is 0 Å². The number of hydrogen-bond donors (Lipinski definition) is 1. The maximum atomic E-state index is 11.9. The van der Waals surface area contributed by atoms with Crippen LogP contribution in [0.4, 0.5) is 4.79 Å². The van der Waals surface area contributed by atoms with Crippen LogP contribution in [0, 0.1) is 5.92 Å². The van der Waals surface area contributed by atoms with Crippen molar-refractivity contribution in [1.29, 1.82) is 0 Å². The summed E-state index contributed by atoms with van der Waals surface area (Å²) in [6.45, 7) is 10.2. The number of nitrogens with zero attached hydrogens (tertiary/aromatic N) is 1. The third-order valence-electron chi connectivity index (χ3n) is 4.45. The average Bonchev–Trinajstić information content (AvgIpc) is 2.23. The van der Waals surface area contributed by atoms with Gasteiger partial charge in [-0.1, -0.05) is 19.8 Å². The minimum absolute atomic E-state index is 0.240. The van der Waals surface area contributed by atoms with Crippen LogP contribution in [-0.2, 0) is 4.74 Å². The average molecular weight is 282 g/mol. The number of carbonyl (C=O) groups excluding carboxylic acids is 1. The van der Waals surface area contributed by atoms with Crippen molar-refractivity contribution in [2.75, 3.05) is 13.1 Å². The zero-order chi connectivity index (χ0) is 14.8. The molecule has 1 N–H and O–H groups in total. The van der Waals surface area contributed by atoms with Gasteiger partial charge >= 0.3 is 6.09 Å². The molecule has 2 atom stereocenters. The van der Waals surface area contributed by atoms with Gasteiger partial charge in [0.2, 0.25) is 0 Å². The first-order chi connectivity index (χ1) is 9.37. The van der Waals surface area contributed by atoms with E-state index in [2.05, 4.69) is 17.1 Å². The second-order valence-corrected chi connectivity index (χ2v) is 7.39. The summed E-state index contributed by atoms with van der Waals surface area (Å²) in [5.41, 5.74) is -0.420. The van der Waals surface area contributed by atoms with Gasteiger partial charge in [-0.25, -0.2) is 4.79 Å². The monoisotopic (exact) mass is 282 g/mol. The second kappa shape index (κ2) is 6.33. The molecule has 4 nitrogen and oxygen atoms in total. The molecule has 1 saturated heterocycles. The molecule has 1 heterocycles. The minimum atomic E-state index is -0.420. The number of alkyl carbamates (subject to hydrolysis) is 1. The molecule has 1 saturated carbocycles. The molecule has 116 valence electrons. The highest BCUT2D eigenvalue weighted by molar-refractivity contribution is 5.68. The molecule has 0 aromatic carbocycles. The summed E-state index contributed by atoms with van der Waals surface area (Å²) in [4.78, 5) is 14.5. The summed E-state index contributed by atoms with van der Waals surface area (Å²) in [5, 5.41) is 3.07. The van der Waals surface area contributed by atoms with Crippen LogP contribution in [-0.4, -0.2) is 41.8 Å². The van der Waals surface area contributed by atoms with E-state index in [0.29, 0.717) is 5.92 Å². The topological polar surface area (TPSA) is 41.6 Å². The van der Waals surface area contributed by atoms with Gasteiger partial charge < -0.3 is 10.1 Å². The number of nitrogens with one attached hydrogen (secondary N) is 1. The fraction of sp³-hybridized carbons (Fsp3) is 0.938. The highest BCUT2D eigenvalue weighted by atomic mass is 16.6. The number of likely N-dealkylation sites (tertiary alicyclic amines) is 1. The Morgan fingerprint density at radius 2 is 2.00 bits per heavy atom. The summed E-state index contributed by atoms with van der Waals surface area (Å²) in [5.74, 6) is 0.698. The van der Waals surface area contributed by atoms with Crippen molar-refractivity contribution in [3.8, 4) is 0 Å². The lowest BCUT2D eigenvalue weighted by Crippen LogP contribution is -2.55. The van der Waals surface area contributed by atoms with Gasteiger partial charge in [-0.05, 0) is 46.0 Å². The number of piperidine rings is 1. The normalized spacial score (nSPS) is 28.8. The van der Waals surface area contributed by atoms with E-state index >= 15 is 0 Å². The predicted molar refractivity (Wildman–Crippen MR) is 80.8 cm³/mol. The molecule has 0 aromatic rings. The maximum Gasteiger partial charge on any atom is 0.407 e. The molecule has 2 unspecified atom stereocenters. The fourth-order valence-corrected chi connectivity index (χ4v) is 3.17. The quantitative estimate of drug-likeness (QED) is 0.864. The summed E-state index contributed by atoms with van der Waals surface area (Å²) < 4.78 is 5.38. The van der Waals surface area contributed by atoms with Gasteiger partial charge in [0, 0.05) is 25.2 Å². The zero-order valence-corrected chi connectivity index (χ0v) is 13.4. The number of amides is 1. The van der Waals surface area contributed by atoms with E-state index in [0.717, 1.165) is 19.0 Å². The Morgan fingerprint density at radius 3 is 2.50 bits per heavy atom. The zero-order valence-electron chi connectivity index (χ0n) is 13.4. The molecular formula is C16H30N2O2. The minimum Gasteiger partial charge on any atom is -0.444 e. The predicted octanol–water partition coefficient (Wildman–Crippen LogP) is 3.16. The van der Waals surface area contributed by atoms with Gasteiger partial charge in [0.1, 0.15) is 5.60 Å². The van der Waals surface area contributed by atoms with Crippen molar-refractivity contribution < 1.29 is 9.53 Å². The Kier molecular flexibility index (Phi) is 4.95. The largest absolute Gasteiger partial charge is 0.444 e. The van der Waals surface area contributed by atoms with Crippen LogP contribution in [0.1, 0.15) is 59.8 Å². The van der Waals surface area contributed by atoms with Crippen LogP contribution in [0.2, 0.25) is 0 Å². The Bertz CT molecular complexity index is 334. The van der Waals surface area contributed by atoms with Crippen molar-refractivity contribution in [3.63, 3.8) is 0 Å². The third-order valence-corrected chi connectivity index (χ3v) is 4.45. The van der Waals surface area contributed by atoms with E-state index in [1.807, 2.05) is 20.8 Å². The van der Waals surface area contributed by atoms with Crippen LogP contribution in [0.3, 0.4) is 0 Å². The summed E-state index contributed by atoms with van der Waals surface area (Å²) in [7, 11) is 0. The number of carbonyl (C=O) groups is 1. The first-order valence-corrected chi connectivity index (χ1v) is 8.11. The lowest BCUT2D eigenvalue weighted by Gasteiger charge is -2.45. The Hall–Kier alpha value is -0.770. The lowest BCUT2D eigenvalue weighted by molar-refractivity contribution is 0.0332. The highest BCUT2D eigenvalue weighted by Crippen LogP contribution is 2.30. The molecule has 4 heteroatoms. The van der Waals surface area contributed by atoms with Crippen molar-refractivity contribution in [2.45, 2.75) is 77.5 Å². The molecule has 2 fully saturated rings. The van der Waals surface area contributed by atoms with Gasteiger partial charge in [0.15, 0.2) is 0 Å². The first-order valence-electron chi connectivity index (χ1n) is 8.11. The Morgan fingerprint density at radius 1 is 1.30 bits per heavy atom. The molecule has 0 bridgehead atoms. The summed E-state index contributed by atoms with van der Waals surface area (Å²) in [6, 6.07) is 0.997. The van der Waals surface area contributed by atoms with Crippen molar-refractivity contribution in [1.82, 2.24) is 10.2 Å². The van der Waals surface area contributed by atoms with Crippen LogP contribution < -0.4 is 5.32 Å². The third kappa shape index (κ3) is 4.37. The number of rotatable bonds is 3. The second-order valence-electron chi connectivity index (χ2n) is 7.39. The van der Waals surface area contributed by atoms with Gasteiger partial charge in [-0.3, -0.25) is 4.90 Å². The first kappa shape index (κ1) is 15.6. The van der Waals surface area contributed by atoms with Crippen LogP contribution in [0.25, 0.3) is 0 Å². The summed E-state index contributed by atoms with van der Waals surface area (Å²) >= 11 is 0. The van der Waals surface area contributed by atoms with Crippen molar-refractivity contribution in [3.05, 3.63) is 0 Å². The van der Waals surface area contributed by atoms with Crippen LogP contribution in [0.5, 0.6) is 0 Å². The highest BCUT2D eigenvalue weighted by Gasteiger charge is 2.34. The maximum absolute atomic E-state index is 11.9. The van der Waals surface area contributed by atoms with Crippen molar-refractivity contribution in [2.24, 2.45) is 5.92 Å². The summed E-state index contributed by atoms with van der Waals surface area (Å²) in [6.07, 6.45) is 6.02. The molecule has 0 spiro atoms. The van der Waals surface area contributed by atoms with E-state index in [-0.39, 0.29) is 12.1 Å². The Balaban J connectivity index is 1.87. The standard InChI is InChI=1S/C16H30N2O2/c1-5-12-9-13(17-15(19)20-16(2,3)4)11-18(10-12)14-7-6-8-14/h12-14H,5-11H2,1-4H3,(H,17,19). The molecular weight excluding hydrogens is 252 g/mol. The van der Waals surface area contributed by atoms with E-state index in [1.165, 1.54) is 32.2 Å².